The maximum absolute atomic E-state index is 13.4. The van der Waals surface area contributed by atoms with Gasteiger partial charge in [-0.2, -0.15) is 0 Å². The van der Waals surface area contributed by atoms with Crippen LogP contribution in [-0.2, 0) is 6.42 Å². The summed E-state index contributed by atoms with van der Waals surface area (Å²) in [7, 11) is 0. The van der Waals surface area contributed by atoms with E-state index in [9.17, 15) is 4.39 Å². The molecular formula is C12H9Br3FNS. The Morgan fingerprint density at radius 3 is 2.61 bits per heavy atom. The zero-order chi connectivity index (χ0) is 13.3. The van der Waals surface area contributed by atoms with Gasteiger partial charge in [-0.3, -0.25) is 0 Å². The first-order valence-corrected chi connectivity index (χ1v) is 8.31. The molecule has 0 spiro atoms. The number of hydrogen-bond acceptors (Lipinski definition) is 2. The fourth-order valence-corrected chi connectivity index (χ4v) is 4.11. The molecule has 1 aromatic heterocycles. The van der Waals surface area contributed by atoms with Crippen LogP contribution in [0.3, 0.4) is 0 Å². The maximum Gasteiger partial charge on any atom is 0.137 e. The predicted octanol–water partition coefficient (Wildman–Crippen LogP) is 5.42. The summed E-state index contributed by atoms with van der Waals surface area (Å²) in [5.41, 5.74) is 7.03. The number of benzene rings is 1. The van der Waals surface area contributed by atoms with Crippen LogP contribution in [0.2, 0.25) is 0 Å². The monoisotopic (exact) mass is 455 g/mol. The zero-order valence-electron chi connectivity index (χ0n) is 9.09. The third kappa shape index (κ3) is 3.22. The van der Waals surface area contributed by atoms with Gasteiger partial charge in [-0.15, -0.1) is 11.3 Å². The molecule has 18 heavy (non-hydrogen) atoms. The van der Waals surface area contributed by atoms with Crippen LogP contribution in [0.4, 0.5) is 4.39 Å². The summed E-state index contributed by atoms with van der Waals surface area (Å²) in [6.45, 7) is 0. The van der Waals surface area contributed by atoms with Crippen molar-refractivity contribution in [2.75, 3.05) is 0 Å². The van der Waals surface area contributed by atoms with Crippen molar-refractivity contribution in [1.82, 2.24) is 0 Å². The van der Waals surface area contributed by atoms with Gasteiger partial charge in [-0.05, 0) is 71.9 Å². The van der Waals surface area contributed by atoms with Gasteiger partial charge in [0.25, 0.3) is 0 Å². The van der Waals surface area contributed by atoms with Crippen molar-refractivity contribution in [3.63, 3.8) is 0 Å². The molecule has 1 atom stereocenters. The Balaban J connectivity index is 2.21. The van der Waals surface area contributed by atoms with Crippen molar-refractivity contribution in [1.29, 1.82) is 0 Å². The Labute approximate surface area is 134 Å². The molecular weight excluding hydrogens is 449 g/mol. The molecule has 0 saturated heterocycles. The predicted molar refractivity (Wildman–Crippen MR) is 84.5 cm³/mol. The normalized spacial score (nSPS) is 12.7. The van der Waals surface area contributed by atoms with Gasteiger partial charge in [-0.25, -0.2) is 4.39 Å². The average Bonchev–Trinajstić information content (AvgIpc) is 2.66. The standard InChI is InChI=1S/C12H9Br3FNS/c13-7-5-10(18-12(7)15)9(17)4-6-2-1-3-8(16)11(6)14/h1-3,5,9H,4,17H2. The molecule has 0 radical (unpaired) electrons. The summed E-state index contributed by atoms with van der Waals surface area (Å²) >= 11 is 11.7. The van der Waals surface area contributed by atoms with Crippen molar-refractivity contribution in [2.24, 2.45) is 5.73 Å². The fraction of sp³-hybridized carbons (Fsp3) is 0.167. The van der Waals surface area contributed by atoms with E-state index in [4.69, 9.17) is 5.73 Å². The molecule has 1 nitrogen and oxygen atoms in total. The van der Waals surface area contributed by atoms with Gasteiger partial charge >= 0.3 is 0 Å². The van der Waals surface area contributed by atoms with Crippen LogP contribution in [0, 0.1) is 5.82 Å². The highest BCUT2D eigenvalue weighted by Crippen LogP contribution is 2.36. The molecule has 2 N–H and O–H groups in total. The number of thiophene rings is 1. The van der Waals surface area contributed by atoms with Crippen LogP contribution in [0.5, 0.6) is 0 Å². The van der Waals surface area contributed by atoms with E-state index in [1.165, 1.54) is 6.07 Å². The molecule has 0 fully saturated rings. The minimum atomic E-state index is -0.256. The number of nitrogens with two attached hydrogens (primary N) is 1. The van der Waals surface area contributed by atoms with Crippen molar-refractivity contribution in [2.45, 2.75) is 12.5 Å². The molecule has 6 heteroatoms. The molecule has 0 bridgehead atoms. The summed E-state index contributed by atoms with van der Waals surface area (Å²) < 4.78 is 15.9. The van der Waals surface area contributed by atoms with Crippen molar-refractivity contribution in [3.8, 4) is 0 Å². The Kier molecular flexibility index (Phi) is 4.99. The Morgan fingerprint density at radius 1 is 1.28 bits per heavy atom. The van der Waals surface area contributed by atoms with Crippen LogP contribution in [0.1, 0.15) is 16.5 Å². The third-order valence-electron chi connectivity index (χ3n) is 2.50. The molecule has 0 aliphatic rings. The fourth-order valence-electron chi connectivity index (χ4n) is 1.59. The number of halogens is 4. The lowest BCUT2D eigenvalue weighted by Gasteiger charge is -2.11. The van der Waals surface area contributed by atoms with E-state index in [-0.39, 0.29) is 11.9 Å². The summed E-state index contributed by atoms with van der Waals surface area (Å²) in [4.78, 5) is 1.06. The quantitative estimate of drug-likeness (QED) is 0.654. The molecule has 2 rings (SSSR count). The van der Waals surface area contributed by atoms with E-state index in [1.807, 2.05) is 12.1 Å². The van der Waals surface area contributed by atoms with Crippen molar-refractivity contribution in [3.05, 3.63) is 53.3 Å². The first-order valence-electron chi connectivity index (χ1n) is 5.12. The van der Waals surface area contributed by atoms with Gasteiger partial charge in [-0.1, -0.05) is 12.1 Å². The molecule has 2 aromatic rings. The lowest BCUT2D eigenvalue weighted by Crippen LogP contribution is -2.12. The maximum atomic E-state index is 13.4. The summed E-state index contributed by atoms with van der Waals surface area (Å²) in [6.07, 6.45) is 0.595. The van der Waals surface area contributed by atoms with E-state index in [2.05, 4.69) is 47.8 Å². The van der Waals surface area contributed by atoms with Crippen LogP contribution in [-0.4, -0.2) is 0 Å². The van der Waals surface area contributed by atoms with Gasteiger partial charge in [0.1, 0.15) is 5.82 Å². The molecule has 96 valence electrons. The molecule has 1 heterocycles. The molecule has 0 saturated carbocycles. The summed E-state index contributed by atoms with van der Waals surface area (Å²) in [5.74, 6) is -0.256. The van der Waals surface area contributed by atoms with Crippen LogP contribution < -0.4 is 5.73 Å². The van der Waals surface area contributed by atoms with Gasteiger partial charge in [0, 0.05) is 15.4 Å². The molecule has 1 unspecified atom stereocenters. The number of hydrogen-bond donors (Lipinski definition) is 1. The second-order valence-electron chi connectivity index (χ2n) is 3.79. The zero-order valence-corrected chi connectivity index (χ0v) is 14.7. The van der Waals surface area contributed by atoms with E-state index in [0.29, 0.717) is 10.9 Å². The highest BCUT2D eigenvalue weighted by atomic mass is 79.9. The minimum Gasteiger partial charge on any atom is -0.323 e. The Bertz CT molecular complexity index is 551. The molecule has 0 aliphatic heterocycles. The first kappa shape index (κ1) is 14.7. The summed E-state index contributed by atoms with van der Waals surface area (Å²) in [6, 6.07) is 6.85. The second-order valence-corrected chi connectivity index (χ2v) is 7.84. The lowest BCUT2D eigenvalue weighted by atomic mass is 10.1. The number of rotatable bonds is 3. The highest BCUT2D eigenvalue weighted by Gasteiger charge is 2.15. The SMILES string of the molecule is NC(Cc1cccc(F)c1Br)c1cc(Br)c(Br)s1. The average molecular weight is 458 g/mol. The lowest BCUT2D eigenvalue weighted by molar-refractivity contribution is 0.614. The Morgan fingerprint density at radius 2 is 2.00 bits per heavy atom. The van der Waals surface area contributed by atoms with E-state index >= 15 is 0 Å². The smallest absolute Gasteiger partial charge is 0.137 e. The third-order valence-corrected chi connectivity index (χ3v) is 6.78. The Hall–Kier alpha value is 0.250. The van der Waals surface area contributed by atoms with E-state index < -0.39 is 0 Å². The molecule has 0 aliphatic carbocycles. The van der Waals surface area contributed by atoms with Crippen molar-refractivity contribution >= 4 is 59.1 Å². The molecule has 1 aromatic carbocycles. The van der Waals surface area contributed by atoms with E-state index in [1.54, 1.807) is 17.4 Å². The topological polar surface area (TPSA) is 26.0 Å². The van der Waals surface area contributed by atoms with Gasteiger partial charge in [0.15, 0.2) is 0 Å². The van der Waals surface area contributed by atoms with Gasteiger partial charge in [0.05, 0.1) is 8.26 Å². The van der Waals surface area contributed by atoms with E-state index in [0.717, 1.165) is 18.7 Å². The second kappa shape index (κ2) is 6.13. The van der Waals surface area contributed by atoms with Crippen molar-refractivity contribution < 1.29 is 4.39 Å². The van der Waals surface area contributed by atoms with Gasteiger partial charge in [0.2, 0.25) is 0 Å². The molecule has 0 amide bonds. The minimum absolute atomic E-state index is 0.143. The van der Waals surface area contributed by atoms with Crippen LogP contribution in [0.15, 0.2) is 37.0 Å². The first-order chi connectivity index (χ1) is 8.49. The highest BCUT2D eigenvalue weighted by molar-refractivity contribution is 9.13. The van der Waals surface area contributed by atoms with Crippen LogP contribution in [0.25, 0.3) is 0 Å². The van der Waals surface area contributed by atoms with Gasteiger partial charge < -0.3 is 5.73 Å². The van der Waals surface area contributed by atoms with Crippen LogP contribution >= 0.6 is 59.1 Å². The largest absolute Gasteiger partial charge is 0.323 e. The summed E-state index contributed by atoms with van der Waals surface area (Å²) in [5, 5.41) is 0.